The second kappa shape index (κ2) is 28.9. The summed E-state index contributed by atoms with van der Waals surface area (Å²) in [5.41, 5.74) is 0. The van der Waals surface area contributed by atoms with Crippen molar-refractivity contribution < 1.29 is 19.1 Å². The summed E-state index contributed by atoms with van der Waals surface area (Å²) in [4.78, 5) is 22.4. The maximum Gasteiger partial charge on any atom is 0.286 e. The lowest BCUT2D eigenvalue weighted by Crippen LogP contribution is -2.32. The zero-order valence-electron chi connectivity index (χ0n) is 19.8. The molecule has 0 radical (unpaired) electrons. The predicted octanol–water partition coefficient (Wildman–Crippen LogP) is 5.21. The van der Waals surface area contributed by atoms with Crippen LogP contribution in [0.1, 0.15) is 91.9 Å². The number of aldehydes is 1. The Labute approximate surface area is 184 Å². The topological polar surface area (TPSA) is 103 Å². The van der Waals surface area contributed by atoms with E-state index in [1.165, 1.54) is 32.6 Å². The van der Waals surface area contributed by atoms with Crippen molar-refractivity contribution in [1.29, 1.82) is 10.5 Å². The van der Waals surface area contributed by atoms with Crippen LogP contribution in [0.25, 0.3) is 0 Å². The van der Waals surface area contributed by atoms with Crippen molar-refractivity contribution in [3.63, 3.8) is 0 Å². The van der Waals surface area contributed by atoms with Gasteiger partial charge in [-0.05, 0) is 39.0 Å². The fourth-order valence-electron chi connectivity index (χ4n) is 2.41. The molecule has 0 aliphatic rings. The lowest BCUT2D eigenvalue weighted by molar-refractivity contribution is -0.133. The Bertz CT molecular complexity index is 458. The van der Waals surface area contributed by atoms with Crippen LogP contribution in [-0.4, -0.2) is 43.9 Å². The van der Waals surface area contributed by atoms with E-state index in [0.29, 0.717) is 13.2 Å². The Kier molecular flexibility index (Phi) is 31.2. The minimum Gasteiger partial charge on any atom is -0.428 e. The molecule has 30 heavy (non-hydrogen) atoms. The Morgan fingerprint density at radius 1 is 0.933 bits per heavy atom. The third-order valence-corrected chi connectivity index (χ3v) is 4.38. The Morgan fingerprint density at radius 2 is 1.37 bits per heavy atom. The maximum absolute atomic E-state index is 11.7. The largest absolute Gasteiger partial charge is 0.428 e. The van der Waals surface area contributed by atoms with Gasteiger partial charge >= 0.3 is 0 Å². The molecule has 0 N–H and O–H groups in total. The summed E-state index contributed by atoms with van der Waals surface area (Å²) in [5, 5.41) is 16.2. The summed E-state index contributed by atoms with van der Waals surface area (Å²) in [7, 11) is 1.87. The number of ether oxygens (including phenoxy) is 2. The third kappa shape index (κ3) is 27.9. The minimum atomic E-state index is 0.129. The molecular weight excluding hydrogens is 382 g/mol. The number of nitriles is 2. The van der Waals surface area contributed by atoms with Gasteiger partial charge in [0.05, 0.1) is 0 Å². The number of rotatable bonds is 15. The second-order valence-electron chi connectivity index (χ2n) is 7.01. The van der Waals surface area contributed by atoms with E-state index in [2.05, 4.69) is 16.4 Å². The quantitative estimate of drug-likeness (QED) is 0.203. The summed E-state index contributed by atoms with van der Waals surface area (Å²) >= 11 is 0. The van der Waals surface area contributed by atoms with E-state index in [-0.39, 0.29) is 11.8 Å². The first kappa shape index (κ1) is 32.4. The van der Waals surface area contributed by atoms with E-state index in [1.54, 1.807) is 12.5 Å². The molecule has 0 rings (SSSR count). The molecule has 1 amide bonds. The van der Waals surface area contributed by atoms with Crippen LogP contribution in [0, 0.1) is 29.0 Å². The highest BCUT2D eigenvalue weighted by molar-refractivity contribution is 5.78. The van der Waals surface area contributed by atoms with Gasteiger partial charge in [0, 0.05) is 19.5 Å². The Morgan fingerprint density at radius 3 is 1.77 bits per heavy atom. The van der Waals surface area contributed by atoms with Gasteiger partial charge in [-0.1, -0.05) is 52.9 Å². The van der Waals surface area contributed by atoms with Crippen molar-refractivity contribution in [1.82, 2.24) is 4.90 Å². The zero-order chi connectivity index (χ0) is 23.5. The molecule has 0 fully saturated rings. The summed E-state index contributed by atoms with van der Waals surface area (Å²) in [6.45, 7) is 9.57. The molecule has 7 heteroatoms. The molecule has 0 saturated heterocycles. The lowest BCUT2D eigenvalue weighted by Gasteiger charge is -2.20. The van der Waals surface area contributed by atoms with Crippen molar-refractivity contribution in [3.05, 3.63) is 0 Å². The molecular formula is C23H43N3O4. The van der Waals surface area contributed by atoms with E-state index in [9.17, 15) is 4.79 Å². The van der Waals surface area contributed by atoms with E-state index in [0.717, 1.165) is 51.4 Å². The van der Waals surface area contributed by atoms with Gasteiger partial charge < -0.3 is 19.2 Å². The molecule has 1 atom stereocenters. The molecule has 0 aromatic rings. The van der Waals surface area contributed by atoms with Gasteiger partial charge in [-0.25, -0.2) is 0 Å². The molecule has 0 bridgehead atoms. The van der Waals surface area contributed by atoms with Crippen LogP contribution in [-0.2, 0) is 19.1 Å². The fraction of sp³-hybridized carbons (Fsp3) is 0.826. The monoisotopic (exact) mass is 425 g/mol. The number of hydrogen-bond acceptors (Lipinski definition) is 6. The van der Waals surface area contributed by atoms with Gasteiger partial charge in [0.2, 0.25) is 5.91 Å². The molecule has 7 nitrogen and oxygen atoms in total. The van der Waals surface area contributed by atoms with Crippen LogP contribution < -0.4 is 0 Å². The number of amides is 1. The molecule has 174 valence electrons. The van der Waals surface area contributed by atoms with Crippen LogP contribution in [0.4, 0.5) is 0 Å². The zero-order valence-corrected chi connectivity index (χ0v) is 19.8. The number of unbranched alkanes of at least 4 members (excludes halogenated alkanes) is 7. The molecule has 0 aliphatic carbocycles. The highest BCUT2D eigenvalue weighted by atomic mass is 16.5. The summed E-state index contributed by atoms with van der Waals surface area (Å²) < 4.78 is 9.11. The van der Waals surface area contributed by atoms with E-state index in [4.69, 9.17) is 15.3 Å². The van der Waals surface area contributed by atoms with Gasteiger partial charge in [0.1, 0.15) is 19.5 Å². The van der Waals surface area contributed by atoms with E-state index in [1.807, 2.05) is 25.8 Å². The number of carbonyl (C=O) groups is 2. The fourth-order valence-corrected chi connectivity index (χ4v) is 2.41. The van der Waals surface area contributed by atoms with E-state index >= 15 is 0 Å². The van der Waals surface area contributed by atoms with Gasteiger partial charge in [-0.3, -0.25) is 4.79 Å². The molecule has 0 heterocycles. The average Bonchev–Trinajstić information content (AvgIpc) is 2.75. The van der Waals surface area contributed by atoms with E-state index < -0.39 is 0 Å². The Balaban J connectivity index is -0.000000474. The standard InChI is InChI=1S/C13H24N2O2.C8H15NO.C2H4O/c1-4-12(2)13(16)15(3)9-7-5-6-8-10-17-11-14;1-2-3-4-5-6-7-10-8-9;1-2-3/h12H,4-10H2,1-3H3;2-7H2,1H3;2H,1H3. The molecule has 0 saturated carbocycles. The number of carbonyl (C=O) groups excluding carboxylic acids is 2. The van der Waals surface area contributed by atoms with Crippen molar-refractivity contribution in [3.8, 4) is 12.5 Å². The predicted molar refractivity (Wildman–Crippen MR) is 119 cm³/mol. The van der Waals surface area contributed by atoms with Crippen LogP contribution in [0.3, 0.4) is 0 Å². The molecule has 0 aromatic heterocycles. The number of hydrogen-bond donors (Lipinski definition) is 0. The molecule has 0 spiro atoms. The highest BCUT2D eigenvalue weighted by Crippen LogP contribution is 2.07. The lowest BCUT2D eigenvalue weighted by atomic mass is 10.1. The smallest absolute Gasteiger partial charge is 0.286 e. The first-order chi connectivity index (χ1) is 14.5. The summed E-state index contributed by atoms with van der Waals surface area (Å²) in [6.07, 6.45) is 15.1. The first-order valence-electron chi connectivity index (χ1n) is 11.1. The van der Waals surface area contributed by atoms with Crippen LogP contribution in [0.5, 0.6) is 0 Å². The molecule has 0 aromatic carbocycles. The molecule has 1 unspecified atom stereocenters. The Hall–Kier alpha value is -2.28. The normalized spacial score (nSPS) is 9.97. The van der Waals surface area contributed by atoms with Gasteiger partial charge in [-0.15, -0.1) is 0 Å². The van der Waals surface area contributed by atoms with Crippen molar-refractivity contribution in [2.75, 3.05) is 26.8 Å². The first-order valence-corrected chi connectivity index (χ1v) is 11.1. The molecule has 0 aliphatic heterocycles. The van der Waals surface area contributed by atoms with Crippen LogP contribution >= 0.6 is 0 Å². The highest BCUT2D eigenvalue weighted by Gasteiger charge is 2.14. The second-order valence-corrected chi connectivity index (χ2v) is 7.01. The summed E-state index contributed by atoms with van der Waals surface area (Å²) in [6, 6.07) is 0. The van der Waals surface area contributed by atoms with Crippen LogP contribution in [0.15, 0.2) is 0 Å². The van der Waals surface area contributed by atoms with Gasteiger partial charge in [-0.2, -0.15) is 10.5 Å². The van der Waals surface area contributed by atoms with Gasteiger partial charge in [0.25, 0.3) is 12.5 Å². The SMILES string of the molecule is CC=O.CCC(C)C(=O)N(C)CCCCCCOC#N.CCCCCCCOC#N. The number of nitrogens with zero attached hydrogens (tertiary/aromatic N) is 3. The average molecular weight is 426 g/mol. The van der Waals surface area contributed by atoms with Gasteiger partial charge in [0.15, 0.2) is 0 Å². The summed E-state index contributed by atoms with van der Waals surface area (Å²) in [5.74, 6) is 0.365. The van der Waals surface area contributed by atoms with Crippen LogP contribution in [0.2, 0.25) is 0 Å². The third-order valence-electron chi connectivity index (χ3n) is 4.38. The van der Waals surface area contributed by atoms with Crippen molar-refractivity contribution >= 4 is 12.2 Å². The van der Waals surface area contributed by atoms with Crippen molar-refractivity contribution in [2.24, 2.45) is 5.92 Å². The minimum absolute atomic E-state index is 0.129. The maximum atomic E-state index is 11.7. The van der Waals surface area contributed by atoms with Crippen molar-refractivity contribution in [2.45, 2.75) is 91.9 Å².